The largest absolute Gasteiger partial charge is 0.352 e. The van der Waals surface area contributed by atoms with E-state index in [1.807, 2.05) is 29.8 Å². The van der Waals surface area contributed by atoms with Gasteiger partial charge in [-0.15, -0.1) is 10.2 Å². The summed E-state index contributed by atoms with van der Waals surface area (Å²) in [4.78, 5) is 12.3. The number of aryl methyl sites for hydroxylation is 1. The lowest BCUT2D eigenvalue weighted by atomic mass is 9.86. The van der Waals surface area contributed by atoms with E-state index in [2.05, 4.69) is 35.4 Å². The molecule has 1 aliphatic carbocycles. The van der Waals surface area contributed by atoms with Gasteiger partial charge >= 0.3 is 0 Å². The summed E-state index contributed by atoms with van der Waals surface area (Å²) in [7, 11) is 1.95. The maximum absolute atomic E-state index is 12.3. The molecule has 0 aliphatic heterocycles. The van der Waals surface area contributed by atoms with Crippen LogP contribution in [-0.2, 0) is 11.8 Å². The second kappa shape index (κ2) is 8.04. The first kappa shape index (κ1) is 18.0. The van der Waals surface area contributed by atoms with E-state index in [1.165, 1.54) is 36.6 Å². The van der Waals surface area contributed by atoms with Crippen molar-refractivity contribution < 1.29 is 4.79 Å². The van der Waals surface area contributed by atoms with Gasteiger partial charge < -0.3 is 9.88 Å². The molecule has 0 spiro atoms. The molecule has 25 heavy (non-hydrogen) atoms. The minimum atomic E-state index is 0.0872. The fraction of sp³-hybridized carbons (Fsp3) is 0.526. The summed E-state index contributed by atoms with van der Waals surface area (Å²) in [5.74, 6) is 1.87. The number of nitrogens with one attached hydrogen (secondary N) is 1. The first-order valence-corrected chi connectivity index (χ1v) is 9.92. The molecule has 3 rings (SSSR count). The maximum atomic E-state index is 12.3. The van der Waals surface area contributed by atoms with Crippen LogP contribution in [0.5, 0.6) is 0 Å². The number of nitrogens with zero attached hydrogens (tertiary/aromatic N) is 3. The Morgan fingerprint density at radius 3 is 2.80 bits per heavy atom. The summed E-state index contributed by atoms with van der Waals surface area (Å²) < 4.78 is 1.96. The lowest BCUT2D eigenvalue weighted by Crippen LogP contribution is -2.41. The zero-order valence-electron chi connectivity index (χ0n) is 15.2. The SMILES string of the molecule is Cc1ccccc1-c1nnc(SCC(=O)N[C@H]2CCCC[C@@H]2C)n1C. The summed E-state index contributed by atoms with van der Waals surface area (Å²) >= 11 is 1.44. The monoisotopic (exact) mass is 358 g/mol. The number of hydrogen-bond donors (Lipinski definition) is 1. The lowest BCUT2D eigenvalue weighted by Gasteiger charge is -2.29. The quantitative estimate of drug-likeness (QED) is 0.830. The molecule has 1 aromatic carbocycles. The Kier molecular flexibility index (Phi) is 5.78. The molecule has 0 radical (unpaired) electrons. The van der Waals surface area contributed by atoms with E-state index in [0.717, 1.165) is 23.0 Å². The lowest BCUT2D eigenvalue weighted by molar-refractivity contribution is -0.119. The molecule has 1 heterocycles. The van der Waals surface area contributed by atoms with Crippen molar-refractivity contribution in [3.63, 3.8) is 0 Å². The van der Waals surface area contributed by atoms with Crippen LogP contribution in [0.3, 0.4) is 0 Å². The predicted octanol–water partition coefficient (Wildman–Crippen LogP) is 3.58. The molecule has 1 amide bonds. The highest BCUT2D eigenvalue weighted by Crippen LogP contribution is 2.26. The van der Waals surface area contributed by atoms with Crippen LogP contribution in [0.25, 0.3) is 11.4 Å². The van der Waals surface area contributed by atoms with Gasteiger partial charge in [0.05, 0.1) is 5.75 Å². The summed E-state index contributed by atoms with van der Waals surface area (Å²) in [6, 6.07) is 8.45. The van der Waals surface area contributed by atoms with Gasteiger partial charge in [0.15, 0.2) is 11.0 Å². The van der Waals surface area contributed by atoms with Gasteiger partial charge in [0.1, 0.15) is 0 Å². The van der Waals surface area contributed by atoms with Crippen molar-refractivity contribution in [2.75, 3.05) is 5.75 Å². The average molecular weight is 359 g/mol. The number of aromatic nitrogens is 3. The molecular formula is C19H26N4OS. The third-order valence-electron chi connectivity index (χ3n) is 5.01. The summed E-state index contributed by atoms with van der Waals surface area (Å²) in [5, 5.41) is 12.5. The molecule has 0 unspecified atom stereocenters. The Bertz CT molecular complexity index is 743. The standard InChI is InChI=1S/C19H26N4OS/c1-13-8-4-6-10-15(13)18-21-22-19(23(18)3)25-12-17(24)20-16-11-7-5-9-14(16)2/h4,6,8,10,14,16H,5,7,9,11-12H2,1-3H3,(H,20,24)/t14-,16-/m0/s1. The molecule has 0 bridgehead atoms. The molecule has 2 aromatic rings. The van der Waals surface area contributed by atoms with Gasteiger partial charge in [-0.25, -0.2) is 0 Å². The van der Waals surface area contributed by atoms with Crippen LogP contribution in [-0.4, -0.2) is 32.5 Å². The highest BCUT2D eigenvalue weighted by Gasteiger charge is 2.23. The van der Waals surface area contributed by atoms with Gasteiger partial charge in [0, 0.05) is 18.7 Å². The molecule has 5 nitrogen and oxygen atoms in total. The molecule has 1 saturated carbocycles. The van der Waals surface area contributed by atoms with Crippen LogP contribution >= 0.6 is 11.8 Å². The van der Waals surface area contributed by atoms with E-state index in [9.17, 15) is 4.79 Å². The van der Waals surface area contributed by atoms with Crippen LogP contribution in [0, 0.1) is 12.8 Å². The van der Waals surface area contributed by atoms with Crippen molar-refractivity contribution in [1.29, 1.82) is 0 Å². The van der Waals surface area contributed by atoms with Crippen molar-refractivity contribution >= 4 is 17.7 Å². The fourth-order valence-corrected chi connectivity index (χ4v) is 4.13. The Balaban J connectivity index is 1.60. The van der Waals surface area contributed by atoms with Crippen LogP contribution in [0.4, 0.5) is 0 Å². The van der Waals surface area contributed by atoms with E-state index >= 15 is 0 Å². The zero-order chi connectivity index (χ0) is 17.8. The van der Waals surface area contributed by atoms with E-state index in [1.54, 1.807) is 0 Å². The average Bonchev–Trinajstić information content (AvgIpc) is 2.96. The number of amides is 1. The maximum Gasteiger partial charge on any atom is 0.230 e. The first-order valence-electron chi connectivity index (χ1n) is 8.94. The van der Waals surface area contributed by atoms with Gasteiger partial charge in [-0.05, 0) is 31.2 Å². The van der Waals surface area contributed by atoms with Crippen LogP contribution < -0.4 is 5.32 Å². The molecular weight excluding hydrogens is 332 g/mol. The van der Waals surface area contributed by atoms with Crippen molar-refractivity contribution in [3.05, 3.63) is 29.8 Å². The van der Waals surface area contributed by atoms with Gasteiger partial charge in [0.2, 0.25) is 5.91 Å². The summed E-state index contributed by atoms with van der Waals surface area (Å²) in [6.45, 7) is 4.30. The third kappa shape index (κ3) is 4.24. The predicted molar refractivity (Wildman–Crippen MR) is 101 cm³/mol. The van der Waals surface area contributed by atoms with Gasteiger partial charge in [-0.2, -0.15) is 0 Å². The topological polar surface area (TPSA) is 59.8 Å². The van der Waals surface area contributed by atoms with Crippen molar-refractivity contribution in [1.82, 2.24) is 20.1 Å². The normalized spacial score (nSPS) is 20.4. The van der Waals surface area contributed by atoms with Crippen LogP contribution in [0.15, 0.2) is 29.4 Å². The number of carbonyl (C=O) groups is 1. The van der Waals surface area contributed by atoms with Crippen LogP contribution in [0.1, 0.15) is 38.2 Å². The molecule has 134 valence electrons. The smallest absolute Gasteiger partial charge is 0.230 e. The molecule has 1 aromatic heterocycles. The van der Waals surface area contributed by atoms with E-state index in [0.29, 0.717) is 17.7 Å². The molecule has 0 saturated heterocycles. The number of rotatable bonds is 5. The molecule has 1 aliphatic rings. The Morgan fingerprint density at radius 1 is 1.28 bits per heavy atom. The Hall–Kier alpha value is -1.82. The Morgan fingerprint density at radius 2 is 2.04 bits per heavy atom. The van der Waals surface area contributed by atoms with Gasteiger partial charge in [-0.1, -0.05) is 55.8 Å². The summed E-state index contributed by atoms with van der Waals surface area (Å²) in [5.41, 5.74) is 2.24. The molecule has 1 N–H and O–H groups in total. The molecule has 1 fully saturated rings. The number of hydrogen-bond acceptors (Lipinski definition) is 4. The third-order valence-corrected chi connectivity index (χ3v) is 6.03. The van der Waals surface area contributed by atoms with E-state index < -0.39 is 0 Å². The van der Waals surface area contributed by atoms with E-state index in [4.69, 9.17) is 0 Å². The van der Waals surface area contributed by atoms with Crippen molar-refractivity contribution in [2.24, 2.45) is 13.0 Å². The minimum absolute atomic E-state index is 0.0872. The first-order chi connectivity index (χ1) is 12.1. The molecule has 6 heteroatoms. The van der Waals surface area contributed by atoms with E-state index in [-0.39, 0.29) is 5.91 Å². The molecule has 2 atom stereocenters. The van der Waals surface area contributed by atoms with Crippen molar-refractivity contribution in [3.8, 4) is 11.4 Å². The summed E-state index contributed by atoms with van der Waals surface area (Å²) in [6.07, 6.45) is 4.80. The number of thioether (sulfide) groups is 1. The highest BCUT2D eigenvalue weighted by molar-refractivity contribution is 7.99. The Labute approximate surface area is 153 Å². The fourth-order valence-electron chi connectivity index (χ4n) is 3.41. The van der Waals surface area contributed by atoms with Gasteiger partial charge in [-0.3, -0.25) is 4.79 Å². The number of benzene rings is 1. The van der Waals surface area contributed by atoms with Gasteiger partial charge in [0.25, 0.3) is 0 Å². The highest BCUT2D eigenvalue weighted by atomic mass is 32.2. The van der Waals surface area contributed by atoms with Crippen LogP contribution in [0.2, 0.25) is 0 Å². The minimum Gasteiger partial charge on any atom is -0.352 e. The van der Waals surface area contributed by atoms with Crippen molar-refractivity contribution in [2.45, 2.75) is 50.7 Å². The zero-order valence-corrected chi connectivity index (χ0v) is 16.0. The second-order valence-corrected chi connectivity index (χ2v) is 7.85. The number of carbonyl (C=O) groups excluding carboxylic acids is 1. The second-order valence-electron chi connectivity index (χ2n) is 6.90.